The van der Waals surface area contributed by atoms with Gasteiger partial charge in [0.05, 0.1) is 36.7 Å². The van der Waals surface area contributed by atoms with Gasteiger partial charge in [-0.05, 0) is 26.0 Å². The van der Waals surface area contributed by atoms with E-state index in [-0.39, 0.29) is 5.91 Å². The van der Waals surface area contributed by atoms with Crippen molar-refractivity contribution in [2.24, 2.45) is 0 Å². The molecule has 3 rings (SSSR count). The molecule has 0 unspecified atom stereocenters. The van der Waals surface area contributed by atoms with E-state index in [4.69, 9.17) is 4.74 Å². The lowest BCUT2D eigenvalue weighted by molar-refractivity contribution is -0.121. The van der Waals surface area contributed by atoms with Gasteiger partial charge in [0.15, 0.2) is 0 Å². The van der Waals surface area contributed by atoms with E-state index in [0.29, 0.717) is 19.5 Å². The summed E-state index contributed by atoms with van der Waals surface area (Å²) in [5.74, 6) is 0.808. The number of aryl methyl sites for hydroxylation is 2. The number of nitrogens with one attached hydrogen (secondary N) is 1. The topological polar surface area (TPSA) is 69.0 Å². The molecule has 3 aromatic rings. The van der Waals surface area contributed by atoms with E-state index in [0.717, 1.165) is 33.6 Å². The van der Waals surface area contributed by atoms with E-state index in [1.54, 1.807) is 19.6 Å². The fourth-order valence-electron chi connectivity index (χ4n) is 2.93. The Bertz CT molecular complexity index is 902. The summed E-state index contributed by atoms with van der Waals surface area (Å²) < 4.78 is 7.39. The molecule has 1 amide bonds. The van der Waals surface area contributed by atoms with Gasteiger partial charge in [-0.1, -0.05) is 12.1 Å². The molecular formula is C19H22N4O2. The maximum absolute atomic E-state index is 12.2. The number of ether oxygens (including phenoxy) is 1. The summed E-state index contributed by atoms with van der Waals surface area (Å²) in [5.41, 5.74) is 4.75. The molecule has 0 aliphatic heterocycles. The van der Waals surface area contributed by atoms with Crippen LogP contribution in [0.25, 0.3) is 11.0 Å². The number of fused-ring (bicyclic) bond motifs is 1. The molecule has 0 radical (unpaired) electrons. The molecule has 2 heterocycles. The van der Waals surface area contributed by atoms with Crippen LogP contribution in [0.15, 0.2) is 36.8 Å². The molecule has 130 valence electrons. The van der Waals surface area contributed by atoms with Crippen molar-refractivity contribution in [3.63, 3.8) is 0 Å². The number of amides is 1. The predicted molar refractivity (Wildman–Crippen MR) is 96.5 cm³/mol. The zero-order valence-electron chi connectivity index (χ0n) is 14.7. The van der Waals surface area contributed by atoms with Crippen LogP contribution in [0.3, 0.4) is 0 Å². The van der Waals surface area contributed by atoms with Crippen molar-refractivity contribution in [3.05, 3.63) is 53.6 Å². The lowest BCUT2D eigenvalue weighted by Gasteiger charge is -2.13. The van der Waals surface area contributed by atoms with Crippen LogP contribution >= 0.6 is 0 Å². The van der Waals surface area contributed by atoms with Crippen LogP contribution in [0.4, 0.5) is 0 Å². The first-order valence-corrected chi connectivity index (χ1v) is 8.25. The van der Waals surface area contributed by atoms with Crippen molar-refractivity contribution >= 4 is 16.9 Å². The van der Waals surface area contributed by atoms with Crippen molar-refractivity contribution < 1.29 is 9.53 Å². The molecule has 2 aromatic heterocycles. The highest BCUT2D eigenvalue weighted by Gasteiger charge is 2.11. The molecule has 0 aliphatic rings. The van der Waals surface area contributed by atoms with Gasteiger partial charge in [0.2, 0.25) is 5.91 Å². The molecule has 0 saturated heterocycles. The molecule has 0 saturated carbocycles. The van der Waals surface area contributed by atoms with Crippen LogP contribution in [-0.4, -0.2) is 27.6 Å². The third-order valence-electron chi connectivity index (χ3n) is 4.31. The van der Waals surface area contributed by atoms with Crippen molar-refractivity contribution in [2.75, 3.05) is 7.11 Å². The molecule has 1 aromatic carbocycles. The smallest absolute Gasteiger partial charge is 0.222 e. The molecule has 1 N–H and O–H groups in total. The molecule has 0 aliphatic carbocycles. The average molecular weight is 338 g/mol. The highest BCUT2D eigenvalue weighted by Crippen LogP contribution is 2.23. The first kappa shape index (κ1) is 17.0. The van der Waals surface area contributed by atoms with Crippen molar-refractivity contribution in [1.29, 1.82) is 0 Å². The van der Waals surface area contributed by atoms with Crippen LogP contribution < -0.4 is 10.1 Å². The number of aromatic nitrogens is 3. The third kappa shape index (κ3) is 3.63. The highest BCUT2D eigenvalue weighted by atomic mass is 16.5. The monoisotopic (exact) mass is 338 g/mol. The van der Waals surface area contributed by atoms with Gasteiger partial charge in [-0.25, -0.2) is 4.98 Å². The van der Waals surface area contributed by atoms with Gasteiger partial charge in [0.1, 0.15) is 5.75 Å². The Hall–Kier alpha value is -2.89. The predicted octanol–water partition coefficient (Wildman–Crippen LogP) is 2.76. The first-order chi connectivity index (χ1) is 12.1. The van der Waals surface area contributed by atoms with Crippen LogP contribution in [0.5, 0.6) is 5.75 Å². The van der Waals surface area contributed by atoms with Gasteiger partial charge in [-0.15, -0.1) is 0 Å². The second-order valence-electron chi connectivity index (χ2n) is 6.00. The van der Waals surface area contributed by atoms with E-state index >= 15 is 0 Å². The zero-order chi connectivity index (χ0) is 17.8. The van der Waals surface area contributed by atoms with Crippen molar-refractivity contribution in [1.82, 2.24) is 19.9 Å². The van der Waals surface area contributed by atoms with Gasteiger partial charge < -0.3 is 14.6 Å². The number of carbonyl (C=O) groups is 1. The second-order valence-corrected chi connectivity index (χ2v) is 6.00. The highest BCUT2D eigenvalue weighted by molar-refractivity contribution is 5.77. The maximum Gasteiger partial charge on any atom is 0.222 e. The Morgan fingerprint density at radius 2 is 2.04 bits per heavy atom. The zero-order valence-corrected chi connectivity index (χ0v) is 14.7. The van der Waals surface area contributed by atoms with E-state index in [9.17, 15) is 4.79 Å². The molecule has 6 nitrogen and oxygen atoms in total. The van der Waals surface area contributed by atoms with E-state index in [1.807, 2.05) is 42.7 Å². The minimum atomic E-state index is -0.0153. The fourth-order valence-corrected chi connectivity index (χ4v) is 2.93. The van der Waals surface area contributed by atoms with Crippen molar-refractivity contribution in [3.8, 4) is 5.75 Å². The molecule has 0 atom stereocenters. The SMILES string of the molecule is COc1c(C)cnc(CNC(=O)CCn2cnc3ccccc32)c1C. The standard InChI is InChI=1S/C19H22N4O2/c1-13-10-20-16(14(2)19(13)25-3)11-21-18(24)8-9-23-12-22-15-6-4-5-7-17(15)23/h4-7,10,12H,8-9,11H2,1-3H3,(H,21,24). The second kappa shape index (κ2) is 7.34. The number of pyridine rings is 1. The number of methoxy groups -OCH3 is 1. The average Bonchev–Trinajstić information content (AvgIpc) is 3.03. The minimum Gasteiger partial charge on any atom is -0.496 e. The van der Waals surface area contributed by atoms with Gasteiger partial charge in [0, 0.05) is 30.3 Å². The Kier molecular flexibility index (Phi) is 4.97. The minimum absolute atomic E-state index is 0.0153. The first-order valence-electron chi connectivity index (χ1n) is 8.25. The number of para-hydroxylation sites is 2. The Morgan fingerprint density at radius 3 is 2.84 bits per heavy atom. The summed E-state index contributed by atoms with van der Waals surface area (Å²) in [6, 6.07) is 7.90. The molecule has 0 fully saturated rings. The lowest BCUT2D eigenvalue weighted by atomic mass is 10.1. The Balaban J connectivity index is 1.58. The molecule has 25 heavy (non-hydrogen) atoms. The quantitative estimate of drug-likeness (QED) is 0.750. The lowest BCUT2D eigenvalue weighted by Crippen LogP contribution is -2.25. The number of benzene rings is 1. The third-order valence-corrected chi connectivity index (χ3v) is 4.31. The van der Waals surface area contributed by atoms with Gasteiger partial charge >= 0.3 is 0 Å². The molecule has 0 spiro atoms. The van der Waals surface area contributed by atoms with E-state index in [1.165, 1.54) is 0 Å². The number of imidazole rings is 1. The van der Waals surface area contributed by atoms with Crippen LogP contribution in [0.2, 0.25) is 0 Å². The van der Waals surface area contributed by atoms with Gasteiger partial charge in [0.25, 0.3) is 0 Å². The normalized spacial score (nSPS) is 10.8. The Labute approximate surface area is 146 Å². The fraction of sp³-hybridized carbons (Fsp3) is 0.316. The molecular weight excluding hydrogens is 316 g/mol. The molecule has 0 bridgehead atoms. The maximum atomic E-state index is 12.2. The van der Waals surface area contributed by atoms with Crippen LogP contribution in [0, 0.1) is 13.8 Å². The van der Waals surface area contributed by atoms with Gasteiger partial charge in [-0.2, -0.15) is 0 Å². The summed E-state index contributed by atoms with van der Waals surface area (Å²) in [5, 5.41) is 2.93. The van der Waals surface area contributed by atoms with Crippen LogP contribution in [0.1, 0.15) is 23.2 Å². The van der Waals surface area contributed by atoms with Gasteiger partial charge in [-0.3, -0.25) is 9.78 Å². The van der Waals surface area contributed by atoms with Crippen LogP contribution in [-0.2, 0) is 17.9 Å². The van der Waals surface area contributed by atoms with E-state index < -0.39 is 0 Å². The largest absolute Gasteiger partial charge is 0.496 e. The summed E-state index contributed by atoms with van der Waals surface area (Å²) in [6.07, 6.45) is 3.93. The summed E-state index contributed by atoms with van der Waals surface area (Å²) in [6.45, 7) is 4.90. The summed E-state index contributed by atoms with van der Waals surface area (Å²) >= 11 is 0. The number of hydrogen-bond acceptors (Lipinski definition) is 4. The number of carbonyl (C=O) groups excluding carboxylic acids is 1. The Morgan fingerprint density at radius 1 is 1.24 bits per heavy atom. The number of rotatable bonds is 6. The number of nitrogens with zero attached hydrogens (tertiary/aromatic N) is 3. The summed E-state index contributed by atoms with van der Waals surface area (Å²) in [7, 11) is 1.65. The summed E-state index contributed by atoms with van der Waals surface area (Å²) in [4.78, 5) is 20.9. The van der Waals surface area contributed by atoms with Crippen molar-refractivity contribution in [2.45, 2.75) is 33.4 Å². The number of hydrogen-bond donors (Lipinski definition) is 1. The molecule has 6 heteroatoms. The van der Waals surface area contributed by atoms with E-state index in [2.05, 4.69) is 15.3 Å².